The van der Waals surface area contributed by atoms with Crippen LogP contribution in [-0.2, 0) is 22.6 Å². The highest BCUT2D eigenvalue weighted by Crippen LogP contribution is 2.16. The summed E-state index contributed by atoms with van der Waals surface area (Å²) in [7, 11) is 0. The van der Waals surface area contributed by atoms with Gasteiger partial charge in [-0.2, -0.15) is 0 Å². The fraction of sp³-hybridized carbons (Fsp3) is 0.364. The summed E-state index contributed by atoms with van der Waals surface area (Å²) in [5.41, 5.74) is 2.12. The van der Waals surface area contributed by atoms with E-state index < -0.39 is 6.04 Å². The van der Waals surface area contributed by atoms with Crippen LogP contribution in [0.25, 0.3) is 0 Å². The Morgan fingerprint density at radius 2 is 1.70 bits per heavy atom. The first-order chi connectivity index (χ1) is 13.0. The number of hydrogen-bond acceptors (Lipinski definition) is 2. The van der Waals surface area contributed by atoms with Gasteiger partial charge in [0, 0.05) is 24.0 Å². The van der Waals surface area contributed by atoms with Crippen molar-refractivity contribution < 1.29 is 9.59 Å². The second-order valence-corrected chi connectivity index (χ2v) is 7.52. The Morgan fingerprint density at radius 1 is 1.04 bits per heavy atom. The van der Waals surface area contributed by atoms with Gasteiger partial charge in [-0.05, 0) is 43.0 Å². The zero-order valence-corrected chi connectivity index (χ0v) is 17.5. The Hall–Kier alpha value is -2.14. The SMILES string of the molecule is CCCNC(=O)C(C)N(Cc1ccc(Br)cc1)C(=O)CCc1ccccc1. The summed E-state index contributed by atoms with van der Waals surface area (Å²) in [4.78, 5) is 27.1. The molecule has 2 aromatic rings. The van der Waals surface area contributed by atoms with Gasteiger partial charge in [0.25, 0.3) is 0 Å². The van der Waals surface area contributed by atoms with Gasteiger partial charge in [0.1, 0.15) is 6.04 Å². The Bertz CT molecular complexity index is 732. The number of halogens is 1. The van der Waals surface area contributed by atoms with Crippen molar-refractivity contribution in [3.63, 3.8) is 0 Å². The molecule has 0 saturated carbocycles. The minimum atomic E-state index is -0.511. The van der Waals surface area contributed by atoms with Crippen molar-refractivity contribution in [3.05, 3.63) is 70.2 Å². The molecular weight excluding hydrogens is 404 g/mol. The number of benzene rings is 2. The molecule has 4 nitrogen and oxygen atoms in total. The van der Waals surface area contributed by atoms with E-state index in [0.717, 1.165) is 22.0 Å². The quantitative estimate of drug-likeness (QED) is 0.643. The van der Waals surface area contributed by atoms with Gasteiger partial charge in [0.05, 0.1) is 0 Å². The predicted molar refractivity (Wildman–Crippen MR) is 112 cm³/mol. The summed E-state index contributed by atoms with van der Waals surface area (Å²) < 4.78 is 0.988. The lowest BCUT2D eigenvalue weighted by Gasteiger charge is -2.29. The van der Waals surface area contributed by atoms with E-state index in [1.807, 2.05) is 61.5 Å². The first-order valence-corrected chi connectivity index (χ1v) is 10.2. The third kappa shape index (κ3) is 6.83. The number of aryl methyl sites for hydroxylation is 1. The molecule has 2 rings (SSSR count). The minimum absolute atomic E-state index is 0.0130. The zero-order valence-electron chi connectivity index (χ0n) is 16.0. The molecule has 0 saturated heterocycles. The van der Waals surface area contributed by atoms with E-state index >= 15 is 0 Å². The van der Waals surface area contributed by atoms with E-state index in [4.69, 9.17) is 0 Å². The van der Waals surface area contributed by atoms with Crippen molar-refractivity contribution in [3.8, 4) is 0 Å². The van der Waals surface area contributed by atoms with Crippen LogP contribution >= 0.6 is 15.9 Å². The monoisotopic (exact) mass is 430 g/mol. The van der Waals surface area contributed by atoms with Crippen molar-refractivity contribution in [1.29, 1.82) is 0 Å². The molecule has 5 heteroatoms. The standard InChI is InChI=1S/C22H27BrN2O2/c1-3-15-24-22(27)17(2)25(16-19-9-12-20(23)13-10-19)21(26)14-11-18-7-5-4-6-8-18/h4-10,12-13,17H,3,11,14-16H2,1-2H3,(H,24,27). The number of nitrogens with zero attached hydrogens (tertiary/aromatic N) is 1. The van der Waals surface area contributed by atoms with E-state index in [2.05, 4.69) is 21.2 Å². The van der Waals surface area contributed by atoms with Gasteiger partial charge in [-0.15, -0.1) is 0 Å². The molecule has 1 N–H and O–H groups in total. The average molecular weight is 431 g/mol. The lowest BCUT2D eigenvalue weighted by molar-refractivity contribution is -0.140. The van der Waals surface area contributed by atoms with Crippen LogP contribution in [0, 0.1) is 0 Å². The molecule has 2 amide bonds. The molecule has 0 heterocycles. The van der Waals surface area contributed by atoms with Crippen molar-refractivity contribution >= 4 is 27.7 Å². The highest BCUT2D eigenvalue weighted by Gasteiger charge is 2.25. The molecule has 0 spiro atoms. The number of nitrogens with one attached hydrogen (secondary N) is 1. The Balaban J connectivity index is 2.10. The van der Waals surface area contributed by atoms with Crippen molar-refractivity contribution in [2.75, 3.05) is 6.54 Å². The molecule has 0 fully saturated rings. The topological polar surface area (TPSA) is 49.4 Å². The molecule has 0 aliphatic carbocycles. The number of hydrogen-bond donors (Lipinski definition) is 1. The Labute approximate surface area is 170 Å². The average Bonchev–Trinajstić information content (AvgIpc) is 2.70. The summed E-state index contributed by atoms with van der Waals surface area (Å²) in [5.74, 6) is -0.122. The van der Waals surface area contributed by atoms with Crippen LogP contribution in [0.1, 0.15) is 37.8 Å². The van der Waals surface area contributed by atoms with Gasteiger partial charge in [-0.1, -0.05) is 65.3 Å². The van der Waals surface area contributed by atoms with Crippen LogP contribution in [0.15, 0.2) is 59.1 Å². The molecule has 27 heavy (non-hydrogen) atoms. The first-order valence-electron chi connectivity index (χ1n) is 9.36. The highest BCUT2D eigenvalue weighted by molar-refractivity contribution is 9.10. The molecular formula is C22H27BrN2O2. The third-order valence-electron chi connectivity index (χ3n) is 4.45. The van der Waals surface area contributed by atoms with Gasteiger partial charge in [0.2, 0.25) is 11.8 Å². The number of carbonyl (C=O) groups excluding carboxylic acids is 2. The third-order valence-corrected chi connectivity index (χ3v) is 4.98. The van der Waals surface area contributed by atoms with E-state index in [1.165, 1.54) is 0 Å². The van der Waals surface area contributed by atoms with Crippen LogP contribution in [0.4, 0.5) is 0 Å². The van der Waals surface area contributed by atoms with Crippen LogP contribution in [0.3, 0.4) is 0 Å². The van der Waals surface area contributed by atoms with E-state index in [-0.39, 0.29) is 11.8 Å². The van der Waals surface area contributed by atoms with Crippen molar-refractivity contribution in [2.45, 2.75) is 45.7 Å². The van der Waals surface area contributed by atoms with Crippen molar-refractivity contribution in [1.82, 2.24) is 10.2 Å². The van der Waals surface area contributed by atoms with E-state index in [0.29, 0.717) is 25.9 Å². The Morgan fingerprint density at radius 3 is 2.33 bits per heavy atom. The van der Waals surface area contributed by atoms with Crippen molar-refractivity contribution in [2.24, 2.45) is 0 Å². The molecule has 0 aromatic heterocycles. The van der Waals surface area contributed by atoms with Gasteiger partial charge >= 0.3 is 0 Å². The maximum absolute atomic E-state index is 12.9. The summed E-state index contributed by atoms with van der Waals surface area (Å²) >= 11 is 3.43. The minimum Gasteiger partial charge on any atom is -0.354 e. The molecule has 0 bridgehead atoms. The summed E-state index contributed by atoms with van der Waals surface area (Å²) in [6.45, 7) is 4.84. The van der Waals surface area contributed by atoms with E-state index in [1.54, 1.807) is 11.8 Å². The number of carbonyl (C=O) groups is 2. The molecule has 1 unspecified atom stereocenters. The van der Waals surface area contributed by atoms with Crippen LogP contribution < -0.4 is 5.32 Å². The molecule has 1 atom stereocenters. The lowest BCUT2D eigenvalue weighted by Crippen LogP contribution is -2.47. The molecule has 0 aliphatic rings. The maximum Gasteiger partial charge on any atom is 0.242 e. The van der Waals surface area contributed by atoms with Crippen LogP contribution in [0.5, 0.6) is 0 Å². The van der Waals surface area contributed by atoms with E-state index in [9.17, 15) is 9.59 Å². The van der Waals surface area contributed by atoms with Gasteiger partial charge < -0.3 is 10.2 Å². The summed E-state index contributed by atoms with van der Waals surface area (Å²) in [6.07, 6.45) is 1.92. The summed E-state index contributed by atoms with van der Waals surface area (Å²) in [6, 6.07) is 17.3. The molecule has 2 aromatic carbocycles. The fourth-order valence-corrected chi connectivity index (χ4v) is 3.07. The number of rotatable bonds is 9. The van der Waals surface area contributed by atoms with Gasteiger partial charge in [-0.3, -0.25) is 9.59 Å². The largest absolute Gasteiger partial charge is 0.354 e. The normalized spacial score (nSPS) is 11.7. The zero-order chi connectivity index (χ0) is 19.6. The number of amides is 2. The maximum atomic E-state index is 12.9. The predicted octanol–water partition coefficient (Wildman–Crippen LogP) is 4.33. The second-order valence-electron chi connectivity index (χ2n) is 6.60. The molecule has 0 radical (unpaired) electrons. The van der Waals surface area contributed by atoms with Crippen LogP contribution in [0.2, 0.25) is 0 Å². The first kappa shape index (κ1) is 21.2. The van der Waals surface area contributed by atoms with Gasteiger partial charge in [-0.25, -0.2) is 0 Å². The smallest absolute Gasteiger partial charge is 0.242 e. The highest BCUT2D eigenvalue weighted by atomic mass is 79.9. The second kappa shape index (κ2) is 10.9. The van der Waals surface area contributed by atoms with Crippen LogP contribution in [-0.4, -0.2) is 29.3 Å². The Kier molecular flexibility index (Phi) is 8.52. The van der Waals surface area contributed by atoms with Gasteiger partial charge in [0.15, 0.2) is 0 Å². The molecule has 0 aliphatic heterocycles. The summed E-state index contributed by atoms with van der Waals surface area (Å²) in [5, 5.41) is 2.90. The lowest BCUT2D eigenvalue weighted by atomic mass is 10.1. The fourth-order valence-electron chi connectivity index (χ4n) is 2.80. The molecule has 144 valence electrons.